The Morgan fingerprint density at radius 3 is 2.16 bits per heavy atom. The Bertz CT molecular complexity index is 1070. The fraction of sp³-hybridized carbons (Fsp3) is 0.944. The highest BCUT2D eigenvalue weighted by molar-refractivity contribution is 5.20. The molecule has 15 atom stereocenters. The van der Waals surface area contributed by atoms with Gasteiger partial charge >= 0.3 is 0 Å². The van der Waals surface area contributed by atoms with Crippen LogP contribution in [0.1, 0.15) is 113 Å². The van der Waals surface area contributed by atoms with Crippen molar-refractivity contribution in [2.75, 3.05) is 6.61 Å². The van der Waals surface area contributed by atoms with E-state index in [-0.39, 0.29) is 39.6 Å². The fourth-order valence-corrected chi connectivity index (χ4v) is 11.8. The van der Waals surface area contributed by atoms with E-state index in [1.165, 1.54) is 5.57 Å². The molecule has 5 fully saturated rings. The molecular weight excluding hydrogens is 560 g/mol. The number of hydrogen-bond donors (Lipinski definition) is 6. The number of fused-ring (bicyclic) bond motifs is 5. The maximum absolute atomic E-state index is 12.2. The van der Waals surface area contributed by atoms with Crippen LogP contribution in [-0.4, -0.2) is 85.8 Å². The van der Waals surface area contributed by atoms with Crippen LogP contribution in [0.25, 0.3) is 0 Å². The van der Waals surface area contributed by atoms with E-state index in [0.717, 1.165) is 51.4 Å². The van der Waals surface area contributed by atoms with Gasteiger partial charge in [-0.15, -0.1) is 0 Å². The zero-order valence-corrected chi connectivity index (χ0v) is 28.5. The number of rotatable bonds is 7. The van der Waals surface area contributed by atoms with E-state index in [9.17, 15) is 30.6 Å². The number of aliphatic hydroxyl groups is 6. The number of allylic oxidation sites excluding steroid dienone is 2. The zero-order valence-electron chi connectivity index (χ0n) is 28.5. The molecule has 6 N–H and O–H groups in total. The normalized spacial score (nSPS) is 51.5. The summed E-state index contributed by atoms with van der Waals surface area (Å²) in [4.78, 5) is 0. The van der Waals surface area contributed by atoms with Gasteiger partial charge < -0.3 is 40.1 Å². The maximum Gasteiger partial charge on any atom is 0.187 e. The molecule has 5 aliphatic rings. The van der Waals surface area contributed by atoms with E-state index in [2.05, 4.69) is 61.5 Å². The lowest BCUT2D eigenvalue weighted by Crippen LogP contribution is -2.67. The number of hydrogen-bond acceptors (Lipinski definition) is 8. The van der Waals surface area contributed by atoms with Gasteiger partial charge in [0.15, 0.2) is 6.29 Å². The number of aliphatic hydroxyl groups excluding tert-OH is 6. The van der Waals surface area contributed by atoms with Gasteiger partial charge in [-0.05, 0) is 124 Å². The standard InChI is InChI=1S/C36H62O8/c1-20(2)10-9-14-36(8,44-31-30(42)29(41)28(40)23(19-37)43-31)21-11-16-35(7)27(21)22(38)18-25-33(5)15-13-26(39)32(3,4)24(33)12-17-34(25,35)6/h10,21-31,37-42H,9,11-19H2,1-8H3/t21-,22-,23-,24+,25-,26+,27+,28-,29+,30-,31+,33+,34-,35-,36+/m1/s1. The van der Waals surface area contributed by atoms with Crippen LogP contribution in [0.5, 0.6) is 0 Å². The molecular formula is C36H62O8. The van der Waals surface area contributed by atoms with Gasteiger partial charge in [-0.3, -0.25) is 0 Å². The van der Waals surface area contributed by atoms with Crippen LogP contribution in [0.4, 0.5) is 0 Å². The molecule has 1 saturated heterocycles. The first-order chi connectivity index (χ1) is 20.4. The topological polar surface area (TPSA) is 140 Å². The van der Waals surface area contributed by atoms with Crippen molar-refractivity contribution in [1.29, 1.82) is 0 Å². The average Bonchev–Trinajstić information content (AvgIpc) is 3.33. The first-order valence-electron chi connectivity index (χ1n) is 17.3. The maximum atomic E-state index is 12.2. The highest BCUT2D eigenvalue weighted by Crippen LogP contribution is 2.76. The monoisotopic (exact) mass is 622 g/mol. The van der Waals surface area contributed by atoms with Crippen molar-refractivity contribution in [3.8, 4) is 0 Å². The van der Waals surface area contributed by atoms with Crippen LogP contribution < -0.4 is 0 Å². The third-order valence-corrected chi connectivity index (χ3v) is 14.6. The number of ether oxygens (including phenoxy) is 2. The summed E-state index contributed by atoms with van der Waals surface area (Å²) in [6.45, 7) is 17.5. The van der Waals surface area contributed by atoms with Gasteiger partial charge in [-0.25, -0.2) is 0 Å². The highest BCUT2D eigenvalue weighted by atomic mass is 16.7. The van der Waals surface area contributed by atoms with Crippen LogP contribution in [0.15, 0.2) is 11.6 Å². The average molecular weight is 623 g/mol. The van der Waals surface area contributed by atoms with Gasteiger partial charge in [-0.2, -0.15) is 0 Å². The van der Waals surface area contributed by atoms with Gasteiger partial charge in [0.05, 0.1) is 24.4 Å². The highest BCUT2D eigenvalue weighted by Gasteiger charge is 2.71. The van der Waals surface area contributed by atoms with E-state index >= 15 is 0 Å². The van der Waals surface area contributed by atoms with Crippen molar-refractivity contribution in [2.24, 2.45) is 45.3 Å². The largest absolute Gasteiger partial charge is 0.394 e. The Hall–Kier alpha value is -0.580. The summed E-state index contributed by atoms with van der Waals surface area (Å²) < 4.78 is 12.6. The third kappa shape index (κ3) is 5.17. The minimum absolute atomic E-state index is 0.0131. The molecule has 1 heterocycles. The van der Waals surface area contributed by atoms with Gasteiger partial charge in [-0.1, -0.05) is 46.3 Å². The molecule has 0 aromatic rings. The van der Waals surface area contributed by atoms with Crippen LogP contribution in [-0.2, 0) is 9.47 Å². The van der Waals surface area contributed by atoms with Gasteiger partial charge in [0.2, 0.25) is 0 Å². The lowest BCUT2D eigenvalue weighted by molar-refractivity contribution is -0.336. The quantitative estimate of drug-likeness (QED) is 0.231. The molecule has 0 spiro atoms. The molecule has 0 amide bonds. The Kier molecular flexibility index (Phi) is 9.35. The third-order valence-electron chi connectivity index (χ3n) is 14.6. The van der Waals surface area contributed by atoms with Crippen molar-refractivity contribution in [2.45, 2.75) is 162 Å². The van der Waals surface area contributed by atoms with Gasteiger partial charge in [0, 0.05) is 0 Å². The Balaban J connectivity index is 1.49. The predicted molar refractivity (Wildman–Crippen MR) is 168 cm³/mol. The summed E-state index contributed by atoms with van der Waals surface area (Å²) in [5, 5.41) is 65.0. The predicted octanol–water partition coefficient (Wildman–Crippen LogP) is 4.32. The molecule has 0 unspecified atom stereocenters. The molecule has 0 aromatic carbocycles. The first kappa shape index (κ1) is 34.7. The smallest absolute Gasteiger partial charge is 0.187 e. The Morgan fingerprint density at radius 2 is 1.52 bits per heavy atom. The van der Waals surface area contributed by atoms with E-state index in [4.69, 9.17) is 9.47 Å². The lowest BCUT2D eigenvalue weighted by Gasteiger charge is -2.70. The van der Waals surface area contributed by atoms with Crippen LogP contribution in [0.3, 0.4) is 0 Å². The summed E-state index contributed by atoms with van der Waals surface area (Å²) in [7, 11) is 0. The second kappa shape index (κ2) is 11.8. The van der Waals surface area contributed by atoms with Crippen LogP contribution in [0, 0.1) is 45.3 Å². The van der Waals surface area contributed by atoms with Crippen molar-refractivity contribution < 1.29 is 40.1 Å². The molecule has 44 heavy (non-hydrogen) atoms. The molecule has 5 rings (SSSR count). The van der Waals surface area contributed by atoms with Crippen molar-refractivity contribution >= 4 is 0 Å². The molecule has 1 aliphatic heterocycles. The van der Waals surface area contributed by atoms with Crippen molar-refractivity contribution in [3.05, 3.63) is 11.6 Å². The minimum atomic E-state index is -1.50. The summed E-state index contributed by atoms with van der Waals surface area (Å²) >= 11 is 0. The first-order valence-corrected chi connectivity index (χ1v) is 17.3. The minimum Gasteiger partial charge on any atom is -0.394 e. The summed E-state index contributed by atoms with van der Waals surface area (Å²) in [6.07, 6.45) is 2.60. The Labute approximate surface area is 265 Å². The van der Waals surface area contributed by atoms with Gasteiger partial charge in [0.25, 0.3) is 0 Å². The molecule has 254 valence electrons. The van der Waals surface area contributed by atoms with Gasteiger partial charge in [0.1, 0.15) is 24.4 Å². The van der Waals surface area contributed by atoms with Crippen molar-refractivity contribution in [1.82, 2.24) is 0 Å². The second-order valence-electron chi connectivity index (χ2n) is 17.3. The van der Waals surface area contributed by atoms with Crippen LogP contribution >= 0.6 is 0 Å². The van der Waals surface area contributed by atoms with E-state index < -0.39 is 49.0 Å². The molecule has 4 aliphatic carbocycles. The Morgan fingerprint density at radius 1 is 0.864 bits per heavy atom. The van der Waals surface area contributed by atoms with E-state index in [1.807, 2.05) is 0 Å². The SMILES string of the molecule is CC(C)=CCC[C@](C)(O[C@@H]1O[C@H](CO)[C@@H](O)[C@H](O)[C@H]1O)[C@@H]1CC[C@]2(C)[C@@H]1[C@H](O)C[C@@H]1[C@@]3(C)CC[C@H](O)C(C)(C)[C@@H]3CC[C@]12C. The van der Waals surface area contributed by atoms with Crippen molar-refractivity contribution in [3.63, 3.8) is 0 Å². The molecule has 0 bridgehead atoms. The fourth-order valence-electron chi connectivity index (χ4n) is 11.8. The summed E-state index contributed by atoms with van der Waals surface area (Å²) in [5.74, 6) is 0.713. The second-order valence-corrected chi connectivity index (χ2v) is 17.3. The molecule has 8 nitrogen and oxygen atoms in total. The van der Waals surface area contributed by atoms with Crippen LogP contribution in [0.2, 0.25) is 0 Å². The summed E-state index contributed by atoms with van der Waals surface area (Å²) in [5.41, 5.74) is 0.171. The molecule has 4 saturated carbocycles. The van der Waals surface area contributed by atoms with E-state index in [0.29, 0.717) is 18.3 Å². The molecule has 0 radical (unpaired) electrons. The summed E-state index contributed by atoms with van der Waals surface area (Å²) in [6, 6.07) is 0. The molecule has 8 heteroatoms. The molecule has 0 aromatic heterocycles. The lowest BCUT2D eigenvalue weighted by atomic mass is 9.35. The van der Waals surface area contributed by atoms with E-state index in [1.54, 1.807) is 0 Å². The zero-order chi connectivity index (χ0) is 32.6.